The van der Waals surface area contributed by atoms with E-state index < -0.39 is 0 Å². The van der Waals surface area contributed by atoms with Crippen LogP contribution in [0.15, 0.2) is 158 Å². The van der Waals surface area contributed by atoms with Gasteiger partial charge in [-0.15, -0.1) is 0 Å². The van der Waals surface area contributed by atoms with Crippen LogP contribution >= 0.6 is 0 Å². The van der Waals surface area contributed by atoms with Gasteiger partial charge in [0.25, 0.3) is 0 Å². The SMILES string of the molecule is C=C(/C=C\C(=C/C)c1ccc(-c2ccc3c(c2)C2(c4c-3ccc3ccccc43)C3CC4CC(C3)CC2C4)cc1)c1nc(-c2ccccc2)nc(-c2cccc(C#N)c2)n1. The number of allylic oxidation sites excluding steroid dienone is 5. The monoisotopic (exact) mass is 760 g/mol. The third kappa shape index (κ3) is 5.75. The van der Waals surface area contributed by atoms with Gasteiger partial charge in [-0.2, -0.15) is 5.26 Å². The molecule has 5 aliphatic carbocycles. The van der Waals surface area contributed by atoms with E-state index in [2.05, 4.69) is 111 Å². The molecule has 1 spiro atoms. The molecule has 5 aliphatic rings. The Kier molecular flexibility index (Phi) is 8.41. The number of fused-ring (bicyclic) bond motifs is 5. The van der Waals surface area contributed by atoms with E-state index in [9.17, 15) is 5.26 Å². The molecule has 0 unspecified atom stereocenters. The number of aromatic nitrogens is 3. The highest BCUT2D eigenvalue weighted by atomic mass is 15.0. The normalized spacial score (nSPS) is 22.5. The predicted octanol–water partition coefficient (Wildman–Crippen LogP) is 13.3. The van der Waals surface area contributed by atoms with Crippen LogP contribution in [0.2, 0.25) is 0 Å². The van der Waals surface area contributed by atoms with E-state index in [1.54, 1.807) is 23.3 Å². The Balaban J connectivity index is 0.909. The van der Waals surface area contributed by atoms with Crippen molar-refractivity contribution in [3.63, 3.8) is 0 Å². The van der Waals surface area contributed by atoms with Crippen LogP contribution in [0.3, 0.4) is 0 Å². The molecule has 4 heteroatoms. The third-order valence-electron chi connectivity index (χ3n) is 14.1. The van der Waals surface area contributed by atoms with Crippen molar-refractivity contribution in [1.82, 2.24) is 15.0 Å². The highest BCUT2D eigenvalue weighted by Gasteiger charge is 2.62. The number of hydrogen-bond acceptors (Lipinski definition) is 4. The molecule has 0 atom stereocenters. The maximum atomic E-state index is 9.54. The lowest BCUT2D eigenvalue weighted by molar-refractivity contribution is -0.0393. The zero-order valence-electron chi connectivity index (χ0n) is 33.3. The molecule has 4 fully saturated rings. The van der Waals surface area contributed by atoms with Gasteiger partial charge in [-0.25, -0.2) is 15.0 Å². The number of hydrogen-bond donors (Lipinski definition) is 0. The maximum absolute atomic E-state index is 9.54. The van der Waals surface area contributed by atoms with Crippen LogP contribution in [0, 0.1) is 35.0 Å². The Morgan fingerprint density at radius 1 is 0.644 bits per heavy atom. The zero-order chi connectivity index (χ0) is 39.7. The second kappa shape index (κ2) is 14.0. The quantitative estimate of drug-likeness (QED) is 0.152. The van der Waals surface area contributed by atoms with Crippen LogP contribution in [0.1, 0.15) is 67.1 Å². The summed E-state index contributed by atoms with van der Waals surface area (Å²) in [5.41, 5.74) is 13.9. The fraction of sp³-hybridized carbons (Fsp3) is 0.200. The molecule has 4 nitrogen and oxygen atoms in total. The molecule has 6 aromatic carbocycles. The van der Waals surface area contributed by atoms with Gasteiger partial charge in [0.2, 0.25) is 0 Å². The minimum atomic E-state index is 0.0992. The highest BCUT2D eigenvalue weighted by molar-refractivity contribution is 5.98. The second-order valence-corrected chi connectivity index (χ2v) is 17.2. The van der Waals surface area contributed by atoms with Gasteiger partial charge in [-0.3, -0.25) is 0 Å². The first kappa shape index (κ1) is 35.5. The third-order valence-corrected chi connectivity index (χ3v) is 14.1. The zero-order valence-corrected chi connectivity index (χ0v) is 33.3. The molecule has 284 valence electrons. The van der Waals surface area contributed by atoms with Crippen LogP contribution in [-0.4, -0.2) is 15.0 Å². The van der Waals surface area contributed by atoms with E-state index in [-0.39, 0.29) is 5.41 Å². The van der Waals surface area contributed by atoms with Crippen molar-refractivity contribution in [1.29, 1.82) is 5.26 Å². The standard InChI is InChI=1S/C55H44N4/c1-3-38(17-16-34(2)52-57-53(42-12-5-4-6-13-42)59-54(58-52)44-14-9-10-35(27-44)33-56)39-18-20-40(21-19-39)43-23-24-48-49-25-22-41-11-7-8-15-47(41)51(49)55(50(48)32-43)45-28-36-26-37(30-45)31-46(55)29-36/h3-25,27,32,36-37,45-46H,2,26,28-31H2,1H3/b17-16-,38-3+. The van der Waals surface area contributed by atoms with Crippen LogP contribution in [0.25, 0.3) is 66.9 Å². The molecule has 0 radical (unpaired) electrons. The highest BCUT2D eigenvalue weighted by Crippen LogP contribution is 2.70. The summed E-state index contributed by atoms with van der Waals surface area (Å²) < 4.78 is 0. The molecule has 0 aliphatic heterocycles. The topological polar surface area (TPSA) is 62.5 Å². The largest absolute Gasteiger partial charge is 0.208 e. The molecular weight excluding hydrogens is 717 g/mol. The van der Waals surface area contributed by atoms with Crippen molar-refractivity contribution >= 4 is 21.9 Å². The molecule has 1 heterocycles. The molecule has 4 saturated carbocycles. The van der Waals surface area contributed by atoms with Gasteiger partial charge < -0.3 is 0 Å². The summed E-state index contributed by atoms with van der Waals surface area (Å²) in [7, 11) is 0. The van der Waals surface area contributed by atoms with Crippen LogP contribution in [0.4, 0.5) is 0 Å². The predicted molar refractivity (Wildman–Crippen MR) is 240 cm³/mol. The van der Waals surface area contributed by atoms with E-state index in [4.69, 9.17) is 15.0 Å². The van der Waals surface area contributed by atoms with Crippen molar-refractivity contribution in [3.05, 3.63) is 186 Å². The van der Waals surface area contributed by atoms with Gasteiger partial charge in [-0.1, -0.05) is 140 Å². The van der Waals surface area contributed by atoms with Crippen molar-refractivity contribution in [3.8, 4) is 51.1 Å². The van der Waals surface area contributed by atoms with Gasteiger partial charge in [0.15, 0.2) is 17.5 Å². The molecule has 0 N–H and O–H groups in total. The smallest absolute Gasteiger partial charge is 0.164 e. The van der Waals surface area contributed by atoms with Crippen molar-refractivity contribution < 1.29 is 0 Å². The van der Waals surface area contributed by atoms with Crippen LogP contribution < -0.4 is 0 Å². The average molecular weight is 761 g/mol. The van der Waals surface area contributed by atoms with Gasteiger partial charge >= 0.3 is 0 Å². The van der Waals surface area contributed by atoms with Crippen LogP contribution in [-0.2, 0) is 5.41 Å². The fourth-order valence-corrected chi connectivity index (χ4v) is 11.7. The van der Waals surface area contributed by atoms with E-state index in [0.29, 0.717) is 40.4 Å². The average Bonchev–Trinajstić information content (AvgIpc) is 3.59. The minimum absolute atomic E-state index is 0.0992. The number of nitriles is 1. The summed E-state index contributed by atoms with van der Waals surface area (Å²) in [6.07, 6.45) is 13.2. The Morgan fingerprint density at radius 2 is 1.32 bits per heavy atom. The molecule has 1 aromatic heterocycles. The Morgan fingerprint density at radius 3 is 2.07 bits per heavy atom. The molecule has 0 amide bonds. The fourth-order valence-electron chi connectivity index (χ4n) is 11.7. The maximum Gasteiger partial charge on any atom is 0.164 e. The minimum Gasteiger partial charge on any atom is -0.208 e. The Hall–Kier alpha value is -6.70. The molecule has 59 heavy (non-hydrogen) atoms. The number of rotatable bonds is 7. The van der Waals surface area contributed by atoms with Crippen molar-refractivity contribution in [2.75, 3.05) is 0 Å². The van der Waals surface area contributed by atoms with E-state index in [1.165, 1.54) is 65.1 Å². The molecular formula is C55H44N4. The van der Waals surface area contributed by atoms with E-state index in [0.717, 1.165) is 34.1 Å². The summed E-state index contributed by atoms with van der Waals surface area (Å²) in [4.78, 5) is 14.5. The summed E-state index contributed by atoms with van der Waals surface area (Å²) >= 11 is 0. The summed E-state index contributed by atoms with van der Waals surface area (Å²) in [5, 5.41) is 12.4. The molecule has 4 bridgehead atoms. The number of benzene rings is 6. The Bertz CT molecular complexity index is 2900. The summed E-state index contributed by atoms with van der Waals surface area (Å²) in [5.74, 6) is 4.78. The lowest BCUT2D eigenvalue weighted by Crippen LogP contribution is -2.55. The lowest BCUT2D eigenvalue weighted by atomic mass is 9.43. The van der Waals surface area contributed by atoms with Crippen molar-refractivity contribution in [2.24, 2.45) is 23.7 Å². The van der Waals surface area contributed by atoms with E-state index in [1.807, 2.05) is 48.5 Å². The van der Waals surface area contributed by atoms with Gasteiger partial charge in [-0.05, 0) is 136 Å². The molecule has 7 aromatic rings. The first-order chi connectivity index (χ1) is 29.0. The summed E-state index contributed by atoms with van der Waals surface area (Å²) in [6, 6.07) is 49.8. The van der Waals surface area contributed by atoms with Gasteiger partial charge in [0, 0.05) is 22.1 Å². The first-order valence-corrected chi connectivity index (χ1v) is 21.1. The van der Waals surface area contributed by atoms with Gasteiger partial charge in [0.05, 0.1) is 11.6 Å². The van der Waals surface area contributed by atoms with E-state index >= 15 is 0 Å². The first-order valence-electron chi connectivity index (χ1n) is 21.1. The van der Waals surface area contributed by atoms with Crippen molar-refractivity contribution in [2.45, 2.75) is 44.4 Å². The van der Waals surface area contributed by atoms with Gasteiger partial charge in [0.1, 0.15) is 0 Å². The molecule has 0 saturated heterocycles. The number of nitrogens with zero attached hydrogens (tertiary/aromatic N) is 4. The van der Waals surface area contributed by atoms with Crippen LogP contribution in [0.5, 0.6) is 0 Å². The lowest BCUT2D eigenvalue weighted by Gasteiger charge is -2.61. The second-order valence-electron chi connectivity index (χ2n) is 17.2. The molecule has 12 rings (SSSR count). The Labute approximate surface area is 346 Å². The summed E-state index contributed by atoms with van der Waals surface area (Å²) in [6.45, 7) is 6.46.